The standard InChI is InChI=1S/C21H24ClN5.HI/c1-3-23-21(25-15-19-12-13-26-27(19)2)24-14-17-6-4-5-7-20(17)16-8-10-18(22)11-9-16;/h4-13H,3,14-15H2,1-2H3,(H2,23,24,25);1H. The lowest BCUT2D eigenvalue weighted by molar-refractivity contribution is 0.685. The van der Waals surface area contributed by atoms with E-state index >= 15 is 0 Å². The molecule has 0 fully saturated rings. The summed E-state index contributed by atoms with van der Waals surface area (Å²) in [6.07, 6.45) is 1.80. The first-order chi connectivity index (χ1) is 13.2. The molecule has 0 atom stereocenters. The van der Waals surface area contributed by atoms with E-state index in [2.05, 4.69) is 34.8 Å². The minimum Gasteiger partial charge on any atom is -0.357 e. The monoisotopic (exact) mass is 509 g/mol. The molecule has 2 N–H and O–H groups in total. The zero-order valence-electron chi connectivity index (χ0n) is 16.0. The molecule has 3 rings (SSSR count). The van der Waals surface area contributed by atoms with E-state index in [4.69, 9.17) is 16.6 Å². The molecular formula is C21H25ClIN5. The molecule has 0 amide bonds. The summed E-state index contributed by atoms with van der Waals surface area (Å²) in [6, 6.07) is 18.2. The Hall–Kier alpha value is -2.06. The van der Waals surface area contributed by atoms with Gasteiger partial charge >= 0.3 is 0 Å². The van der Waals surface area contributed by atoms with E-state index in [0.29, 0.717) is 13.1 Å². The lowest BCUT2D eigenvalue weighted by Crippen LogP contribution is -2.37. The molecule has 0 aliphatic heterocycles. The fourth-order valence-electron chi connectivity index (χ4n) is 2.82. The number of rotatable bonds is 6. The summed E-state index contributed by atoms with van der Waals surface area (Å²) in [7, 11) is 1.93. The Kier molecular flexibility index (Phi) is 8.79. The molecule has 1 aromatic heterocycles. The van der Waals surface area contributed by atoms with E-state index in [0.717, 1.165) is 34.3 Å². The van der Waals surface area contributed by atoms with Crippen LogP contribution in [0.25, 0.3) is 11.1 Å². The number of guanidine groups is 1. The highest BCUT2D eigenvalue weighted by atomic mass is 127. The van der Waals surface area contributed by atoms with E-state index in [9.17, 15) is 0 Å². The zero-order chi connectivity index (χ0) is 19.1. The molecule has 0 radical (unpaired) electrons. The fraction of sp³-hybridized carbons (Fsp3) is 0.238. The van der Waals surface area contributed by atoms with Gasteiger partial charge in [0.25, 0.3) is 0 Å². The van der Waals surface area contributed by atoms with Gasteiger partial charge in [-0.2, -0.15) is 5.10 Å². The summed E-state index contributed by atoms with van der Waals surface area (Å²) in [5.41, 5.74) is 4.57. The Morgan fingerprint density at radius 2 is 1.82 bits per heavy atom. The first-order valence-corrected chi connectivity index (χ1v) is 9.38. The molecule has 7 heteroatoms. The smallest absolute Gasteiger partial charge is 0.191 e. The van der Waals surface area contributed by atoms with Crippen molar-refractivity contribution in [3.63, 3.8) is 0 Å². The molecule has 0 aliphatic carbocycles. The van der Waals surface area contributed by atoms with Crippen molar-refractivity contribution in [1.29, 1.82) is 0 Å². The summed E-state index contributed by atoms with van der Waals surface area (Å²) in [5.74, 6) is 0.782. The number of hydrogen-bond acceptors (Lipinski definition) is 2. The lowest BCUT2D eigenvalue weighted by Gasteiger charge is -2.13. The van der Waals surface area contributed by atoms with Gasteiger partial charge in [0.1, 0.15) is 0 Å². The second kappa shape index (κ2) is 11.1. The molecule has 3 aromatic rings. The molecule has 2 aromatic carbocycles. The topological polar surface area (TPSA) is 54.2 Å². The maximum Gasteiger partial charge on any atom is 0.191 e. The van der Waals surface area contributed by atoms with Crippen LogP contribution < -0.4 is 10.6 Å². The van der Waals surface area contributed by atoms with E-state index < -0.39 is 0 Å². The van der Waals surface area contributed by atoms with Crippen molar-refractivity contribution < 1.29 is 0 Å². The van der Waals surface area contributed by atoms with E-state index in [1.807, 2.05) is 54.2 Å². The van der Waals surface area contributed by atoms with Crippen LogP contribution >= 0.6 is 35.6 Å². The molecular weight excluding hydrogens is 485 g/mol. The number of halogens is 2. The number of aryl methyl sites for hydroxylation is 1. The summed E-state index contributed by atoms with van der Waals surface area (Å²) in [5, 5.41) is 11.6. The molecule has 28 heavy (non-hydrogen) atoms. The third-order valence-electron chi connectivity index (χ3n) is 4.28. The van der Waals surface area contributed by atoms with E-state index in [1.165, 1.54) is 5.56 Å². The third kappa shape index (κ3) is 5.97. The SMILES string of the molecule is CCNC(=NCc1ccccc1-c1ccc(Cl)cc1)NCc1ccnn1C.I. The highest BCUT2D eigenvalue weighted by Crippen LogP contribution is 2.25. The van der Waals surface area contributed by atoms with Gasteiger partial charge in [0.2, 0.25) is 0 Å². The van der Waals surface area contributed by atoms with Crippen molar-refractivity contribution in [3.05, 3.63) is 77.1 Å². The van der Waals surface area contributed by atoms with Crippen molar-refractivity contribution >= 4 is 41.5 Å². The maximum atomic E-state index is 6.02. The van der Waals surface area contributed by atoms with Gasteiger partial charge in [0, 0.05) is 24.8 Å². The van der Waals surface area contributed by atoms with Crippen LogP contribution in [0.3, 0.4) is 0 Å². The second-order valence-electron chi connectivity index (χ2n) is 6.16. The van der Waals surface area contributed by atoms with E-state index in [-0.39, 0.29) is 24.0 Å². The first kappa shape index (κ1) is 22.2. The van der Waals surface area contributed by atoms with Crippen LogP contribution in [0.1, 0.15) is 18.2 Å². The van der Waals surface area contributed by atoms with Crippen LogP contribution in [-0.2, 0) is 20.1 Å². The molecule has 0 aliphatic rings. The summed E-state index contributed by atoms with van der Waals surface area (Å²) >= 11 is 6.02. The highest BCUT2D eigenvalue weighted by molar-refractivity contribution is 14.0. The van der Waals surface area contributed by atoms with Crippen molar-refractivity contribution in [3.8, 4) is 11.1 Å². The fourth-order valence-corrected chi connectivity index (χ4v) is 2.95. The Bertz CT molecular complexity index is 905. The van der Waals surface area contributed by atoms with Gasteiger partial charge in [-0.15, -0.1) is 24.0 Å². The number of nitrogens with one attached hydrogen (secondary N) is 2. The largest absolute Gasteiger partial charge is 0.357 e. The normalized spacial score (nSPS) is 11.0. The Labute approximate surface area is 188 Å². The molecule has 5 nitrogen and oxygen atoms in total. The molecule has 0 saturated carbocycles. The number of nitrogens with zero attached hydrogens (tertiary/aromatic N) is 3. The van der Waals surface area contributed by atoms with Crippen molar-refractivity contribution in [2.45, 2.75) is 20.0 Å². The number of benzene rings is 2. The maximum absolute atomic E-state index is 6.02. The molecule has 1 heterocycles. The van der Waals surface area contributed by atoms with Crippen molar-refractivity contribution in [1.82, 2.24) is 20.4 Å². The molecule has 0 bridgehead atoms. The second-order valence-corrected chi connectivity index (χ2v) is 6.60. The minimum atomic E-state index is 0. The minimum absolute atomic E-state index is 0. The molecule has 0 spiro atoms. The van der Waals surface area contributed by atoms with Gasteiger partial charge in [0.05, 0.1) is 18.8 Å². The quantitative estimate of drug-likeness (QED) is 0.290. The van der Waals surface area contributed by atoms with Gasteiger partial charge in [-0.25, -0.2) is 4.99 Å². The van der Waals surface area contributed by atoms with Gasteiger partial charge in [-0.1, -0.05) is 48.0 Å². The van der Waals surface area contributed by atoms with Crippen LogP contribution in [0.4, 0.5) is 0 Å². The third-order valence-corrected chi connectivity index (χ3v) is 4.54. The average molecular weight is 510 g/mol. The molecule has 0 unspecified atom stereocenters. The van der Waals surface area contributed by atoms with Crippen LogP contribution in [0.15, 0.2) is 65.8 Å². The van der Waals surface area contributed by atoms with Crippen LogP contribution in [0.5, 0.6) is 0 Å². The number of hydrogen-bond donors (Lipinski definition) is 2. The highest BCUT2D eigenvalue weighted by Gasteiger charge is 2.06. The summed E-state index contributed by atoms with van der Waals surface area (Å²) in [4.78, 5) is 4.76. The Morgan fingerprint density at radius 1 is 1.07 bits per heavy atom. The van der Waals surface area contributed by atoms with Crippen LogP contribution in [-0.4, -0.2) is 22.3 Å². The van der Waals surface area contributed by atoms with Gasteiger partial charge in [-0.3, -0.25) is 4.68 Å². The molecule has 148 valence electrons. The number of aliphatic imine (C=N–C) groups is 1. The lowest BCUT2D eigenvalue weighted by atomic mass is 10.00. The molecule has 0 saturated heterocycles. The van der Waals surface area contributed by atoms with Crippen molar-refractivity contribution in [2.75, 3.05) is 6.54 Å². The first-order valence-electron chi connectivity index (χ1n) is 9.00. The predicted octanol–water partition coefficient (Wildman–Crippen LogP) is 4.61. The van der Waals surface area contributed by atoms with Gasteiger partial charge < -0.3 is 10.6 Å². The summed E-state index contributed by atoms with van der Waals surface area (Å²) < 4.78 is 1.85. The van der Waals surface area contributed by atoms with Crippen LogP contribution in [0, 0.1) is 0 Å². The Morgan fingerprint density at radius 3 is 2.50 bits per heavy atom. The summed E-state index contributed by atoms with van der Waals surface area (Å²) in [6.45, 7) is 4.11. The van der Waals surface area contributed by atoms with Gasteiger partial charge in [-0.05, 0) is 41.8 Å². The van der Waals surface area contributed by atoms with Crippen LogP contribution in [0.2, 0.25) is 5.02 Å². The average Bonchev–Trinajstić information content (AvgIpc) is 3.10. The Balaban J connectivity index is 0.00000280. The van der Waals surface area contributed by atoms with Gasteiger partial charge in [0.15, 0.2) is 5.96 Å². The van der Waals surface area contributed by atoms with E-state index in [1.54, 1.807) is 6.20 Å². The zero-order valence-corrected chi connectivity index (χ0v) is 19.1. The predicted molar refractivity (Wildman–Crippen MR) is 127 cm³/mol. The van der Waals surface area contributed by atoms with Crippen molar-refractivity contribution in [2.24, 2.45) is 12.0 Å². The number of aromatic nitrogens is 2.